The van der Waals surface area contributed by atoms with E-state index < -0.39 is 11.9 Å². The Balaban J connectivity index is 1.54. The first kappa shape index (κ1) is 19.8. The number of anilines is 1. The minimum absolute atomic E-state index is 0.0593. The van der Waals surface area contributed by atoms with Crippen LogP contribution in [0.15, 0.2) is 42.5 Å². The molecule has 8 nitrogen and oxygen atoms in total. The Bertz CT molecular complexity index is 988. The van der Waals surface area contributed by atoms with E-state index >= 15 is 0 Å². The van der Waals surface area contributed by atoms with Gasteiger partial charge in [-0.05, 0) is 48.9 Å². The molecule has 30 heavy (non-hydrogen) atoms. The average Bonchev–Trinajstić information content (AvgIpc) is 3.30. The second-order valence-corrected chi connectivity index (χ2v) is 7.05. The fourth-order valence-electron chi connectivity index (χ4n) is 3.67. The van der Waals surface area contributed by atoms with E-state index in [2.05, 4.69) is 0 Å². The van der Waals surface area contributed by atoms with Gasteiger partial charge in [0.15, 0.2) is 11.5 Å². The van der Waals surface area contributed by atoms with Crippen molar-refractivity contribution >= 4 is 23.4 Å². The molecule has 0 spiro atoms. The molecule has 3 amide bonds. The van der Waals surface area contributed by atoms with Crippen molar-refractivity contribution in [3.63, 3.8) is 0 Å². The summed E-state index contributed by atoms with van der Waals surface area (Å²) in [6, 6.07) is 11.3. The molecule has 0 aromatic heterocycles. The van der Waals surface area contributed by atoms with Crippen LogP contribution in [-0.2, 0) is 20.9 Å². The molecule has 8 heteroatoms. The molecule has 2 heterocycles. The second kappa shape index (κ2) is 8.06. The Morgan fingerprint density at radius 1 is 1.13 bits per heavy atom. The van der Waals surface area contributed by atoms with Gasteiger partial charge in [0.25, 0.3) is 5.91 Å². The summed E-state index contributed by atoms with van der Waals surface area (Å²) in [5.74, 6) is 0.853. The Kier molecular flexibility index (Phi) is 5.31. The van der Waals surface area contributed by atoms with Crippen LogP contribution in [-0.4, -0.2) is 42.1 Å². The molecule has 1 fully saturated rings. The van der Waals surface area contributed by atoms with Crippen LogP contribution < -0.4 is 19.1 Å². The van der Waals surface area contributed by atoms with Gasteiger partial charge in [0, 0.05) is 13.5 Å². The number of ether oxygens (including phenoxy) is 3. The van der Waals surface area contributed by atoms with E-state index in [4.69, 9.17) is 14.2 Å². The summed E-state index contributed by atoms with van der Waals surface area (Å²) in [4.78, 5) is 40.6. The van der Waals surface area contributed by atoms with Crippen LogP contribution in [0.5, 0.6) is 17.2 Å². The van der Waals surface area contributed by atoms with Gasteiger partial charge < -0.3 is 19.1 Å². The maximum atomic E-state index is 13.1. The topological polar surface area (TPSA) is 85.4 Å². The van der Waals surface area contributed by atoms with E-state index in [1.165, 1.54) is 11.8 Å². The van der Waals surface area contributed by atoms with Crippen molar-refractivity contribution in [1.29, 1.82) is 0 Å². The summed E-state index contributed by atoms with van der Waals surface area (Å²) in [7, 11) is 0. The van der Waals surface area contributed by atoms with Crippen molar-refractivity contribution in [2.75, 3.05) is 18.3 Å². The normalized spacial score (nSPS) is 17.4. The summed E-state index contributed by atoms with van der Waals surface area (Å²) < 4.78 is 16.1. The molecule has 0 saturated carbocycles. The molecule has 2 aliphatic rings. The molecule has 0 bridgehead atoms. The number of hydrogen-bond donors (Lipinski definition) is 0. The summed E-state index contributed by atoms with van der Waals surface area (Å²) in [5.41, 5.74) is 1.25. The van der Waals surface area contributed by atoms with E-state index in [1.54, 1.807) is 36.4 Å². The van der Waals surface area contributed by atoms with E-state index in [0.717, 1.165) is 10.5 Å². The van der Waals surface area contributed by atoms with Crippen LogP contribution in [0.25, 0.3) is 0 Å². The Morgan fingerprint density at radius 2 is 1.87 bits per heavy atom. The summed E-state index contributed by atoms with van der Waals surface area (Å²) in [6.45, 7) is 4.14. The first-order valence-electron chi connectivity index (χ1n) is 9.73. The highest BCUT2D eigenvalue weighted by Crippen LogP contribution is 2.34. The molecular weight excluding hydrogens is 388 g/mol. The molecule has 0 N–H and O–H groups in total. The third-order valence-corrected chi connectivity index (χ3v) is 5.10. The number of carbonyl (C=O) groups excluding carboxylic acids is 3. The van der Waals surface area contributed by atoms with Gasteiger partial charge in [0.05, 0.1) is 18.7 Å². The fourth-order valence-corrected chi connectivity index (χ4v) is 3.67. The number of imide groups is 1. The zero-order valence-electron chi connectivity index (χ0n) is 16.8. The van der Waals surface area contributed by atoms with Gasteiger partial charge >= 0.3 is 0 Å². The average molecular weight is 410 g/mol. The zero-order valence-corrected chi connectivity index (χ0v) is 16.8. The fraction of sp³-hybridized carbons (Fsp3) is 0.318. The largest absolute Gasteiger partial charge is 0.494 e. The van der Waals surface area contributed by atoms with Crippen molar-refractivity contribution in [1.82, 2.24) is 4.90 Å². The zero-order chi connectivity index (χ0) is 21.3. The second-order valence-electron chi connectivity index (χ2n) is 7.05. The maximum Gasteiger partial charge on any atom is 0.257 e. The van der Waals surface area contributed by atoms with Crippen LogP contribution in [0.3, 0.4) is 0 Å². The first-order chi connectivity index (χ1) is 14.5. The first-order valence-corrected chi connectivity index (χ1v) is 9.73. The SMILES string of the molecule is CCOc1ccc(N2C(=O)CC(N(Cc3ccc4c(c3)OCO4)C(C)=O)C2=O)cc1. The highest BCUT2D eigenvalue weighted by molar-refractivity contribution is 6.23. The number of carbonyl (C=O) groups is 3. The van der Waals surface area contributed by atoms with Crippen LogP contribution in [0.4, 0.5) is 5.69 Å². The van der Waals surface area contributed by atoms with Gasteiger partial charge in [-0.25, -0.2) is 4.90 Å². The van der Waals surface area contributed by atoms with Gasteiger partial charge in [0.1, 0.15) is 11.8 Å². The number of hydrogen-bond acceptors (Lipinski definition) is 6. The van der Waals surface area contributed by atoms with Gasteiger partial charge in [-0.15, -0.1) is 0 Å². The van der Waals surface area contributed by atoms with E-state index in [-0.39, 0.29) is 31.6 Å². The quantitative estimate of drug-likeness (QED) is 0.681. The monoisotopic (exact) mass is 410 g/mol. The predicted molar refractivity (Wildman–Crippen MR) is 107 cm³/mol. The highest BCUT2D eigenvalue weighted by atomic mass is 16.7. The van der Waals surface area contributed by atoms with Crippen molar-refractivity contribution in [2.24, 2.45) is 0 Å². The smallest absolute Gasteiger partial charge is 0.257 e. The van der Waals surface area contributed by atoms with Gasteiger partial charge in [-0.3, -0.25) is 14.4 Å². The van der Waals surface area contributed by atoms with Crippen molar-refractivity contribution in [3.05, 3.63) is 48.0 Å². The Morgan fingerprint density at radius 3 is 2.57 bits per heavy atom. The van der Waals surface area contributed by atoms with E-state index in [9.17, 15) is 14.4 Å². The molecule has 0 aliphatic carbocycles. The Labute approximate surface area is 173 Å². The molecule has 4 rings (SSSR count). The molecule has 1 atom stereocenters. The summed E-state index contributed by atoms with van der Waals surface area (Å²) in [6.07, 6.45) is -0.0593. The highest BCUT2D eigenvalue weighted by Gasteiger charge is 2.43. The number of amides is 3. The third kappa shape index (κ3) is 3.68. The number of nitrogens with zero attached hydrogens (tertiary/aromatic N) is 2. The molecule has 1 unspecified atom stereocenters. The molecule has 1 saturated heterocycles. The number of rotatable bonds is 6. The summed E-state index contributed by atoms with van der Waals surface area (Å²) >= 11 is 0. The standard InChI is InChI=1S/C22H22N2O6/c1-3-28-17-7-5-16(6-8-17)24-21(26)11-18(22(24)27)23(14(2)25)12-15-4-9-19-20(10-15)30-13-29-19/h4-10,18H,3,11-13H2,1-2H3. The van der Waals surface area contributed by atoms with Crippen LogP contribution in [0, 0.1) is 0 Å². The van der Waals surface area contributed by atoms with Crippen LogP contribution in [0.1, 0.15) is 25.8 Å². The van der Waals surface area contributed by atoms with Crippen molar-refractivity contribution in [3.8, 4) is 17.2 Å². The molecule has 156 valence electrons. The number of fused-ring (bicyclic) bond motifs is 1. The lowest BCUT2D eigenvalue weighted by molar-refractivity contribution is -0.137. The summed E-state index contributed by atoms with van der Waals surface area (Å²) in [5, 5.41) is 0. The lowest BCUT2D eigenvalue weighted by atomic mass is 10.1. The van der Waals surface area contributed by atoms with Gasteiger partial charge in [-0.1, -0.05) is 6.07 Å². The third-order valence-electron chi connectivity index (χ3n) is 5.10. The minimum atomic E-state index is -0.855. The Hall–Kier alpha value is -3.55. The van der Waals surface area contributed by atoms with Crippen molar-refractivity contribution in [2.45, 2.75) is 32.9 Å². The number of benzene rings is 2. The van der Waals surface area contributed by atoms with Gasteiger partial charge in [0.2, 0.25) is 18.6 Å². The maximum absolute atomic E-state index is 13.1. The van der Waals surface area contributed by atoms with Crippen LogP contribution in [0.2, 0.25) is 0 Å². The molecular formula is C22H22N2O6. The van der Waals surface area contributed by atoms with E-state index in [1.807, 2.05) is 13.0 Å². The van der Waals surface area contributed by atoms with Crippen LogP contribution >= 0.6 is 0 Å². The predicted octanol–water partition coefficient (Wildman–Crippen LogP) is 2.49. The minimum Gasteiger partial charge on any atom is -0.494 e. The molecule has 2 aromatic rings. The van der Waals surface area contributed by atoms with Gasteiger partial charge in [-0.2, -0.15) is 0 Å². The molecule has 2 aromatic carbocycles. The van der Waals surface area contributed by atoms with E-state index in [0.29, 0.717) is 29.5 Å². The molecule has 0 radical (unpaired) electrons. The van der Waals surface area contributed by atoms with Crippen molar-refractivity contribution < 1.29 is 28.6 Å². The lowest BCUT2D eigenvalue weighted by Gasteiger charge is -2.26. The lowest BCUT2D eigenvalue weighted by Crippen LogP contribution is -2.44. The molecule has 2 aliphatic heterocycles.